The zero-order chi connectivity index (χ0) is 15.8. The maximum absolute atomic E-state index is 13.5. The van der Waals surface area contributed by atoms with Crippen LogP contribution in [0.3, 0.4) is 0 Å². The quantitative estimate of drug-likeness (QED) is 0.846. The lowest BCUT2D eigenvalue weighted by atomic mass is 9.97. The second kappa shape index (κ2) is 5.81. The van der Waals surface area contributed by atoms with Gasteiger partial charge in [-0.3, -0.25) is 9.59 Å². The molecule has 114 valence electrons. The van der Waals surface area contributed by atoms with Gasteiger partial charge in [0.2, 0.25) is 5.91 Å². The van der Waals surface area contributed by atoms with E-state index in [1.54, 1.807) is 6.92 Å². The average molecular weight is 333 g/mol. The van der Waals surface area contributed by atoms with Gasteiger partial charge in [0.15, 0.2) is 5.82 Å². The van der Waals surface area contributed by atoms with Crippen molar-refractivity contribution in [3.05, 3.63) is 28.0 Å². The summed E-state index contributed by atoms with van der Waals surface area (Å²) in [6.45, 7) is 3.67. The Morgan fingerprint density at radius 3 is 2.43 bits per heavy atom. The summed E-state index contributed by atoms with van der Waals surface area (Å²) in [4.78, 5) is 25.9. The first kappa shape index (κ1) is 16.0. The summed E-state index contributed by atoms with van der Waals surface area (Å²) in [5.41, 5.74) is -0.617. The highest BCUT2D eigenvalue weighted by Gasteiger charge is 2.39. The summed E-state index contributed by atoms with van der Waals surface area (Å²) in [5, 5.41) is 2.40. The molecule has 1 N–H and O–H groups in total. The maximum Gasteiger partial charge on any atom is 0.252 e. The van der Waals surface area contributed by atoms with Crippen molar-refractivity contribution in [3.8, 4) is 0 Å². The van der Waals surface area contributed by atoms with E-state index in [0.29, 0.717) is 12.1 Å². The molecule has 1 saturated heterocycles. The Labute approximate surface area is 132 Å². The molecule has 0 bridgehead atoms. The molecular weight excluding hydrogens is 318 g/mol. The van der Waals surface area contributed by atoms with Crippen molar-refractivity contribution in [2.75, 3.05) is 11.4 Å². The highest BCUT2D eigenvalue weighted by atomic mass is 35.5. The summed E-state index contributed by atoms with van der Waals surface area (Å²) in [5.74, 6) is -1.19. The van der Waals surface area contributed by atoms with Gasteiger partial charge in [0.25, 0.3) is 5.91 Å². The molecule has 21 heavy (non-hydrogen) atoms. The van der Waals surface area contributed by atoms with Crippen molar-refractivity contribution >= 4 is 40.7 Å². The average Bonchev–Trinajstić information content (AvgIpc) is 2.54. The van der Waals surface area contributed by atoms with E-state index >= 15 is 0 Å². The molecule has 0 spiro atoms. The van der Waals surface area contributed by atoms with Gasteiger partial charge in [-0.2, -0.15) is 0 Å². The zero-order valence-corrected chi connectivity index (χ0v) is 13.2. The lowest BCUT2D eigenvalue weighted by molar-refractivity contribution is -0.129. The first-order chi connectivity index (χ1) is 9.78. The normalized spacial score (nSPS) is 23.0. The Balaban J connectivity index is 2.47. The van der Waals surface area contributed by atoms with Crippen LogP contribution in [0.2, 0.25) is 10.0 Å². The third-order valence-electron chi connectivity index (χ3n) is 3.68. The molecule has 1 atom stereocenters. The van der Waals surface area contributed by atoms with E-state index in [4.69, 9.17) is 23.2 Å². The number of nitrogens with zero attached hydrogens (tertiary/aromatic N) is 1. The minimum Gasteiger partial charge on any atom is -0.342 e. The van der Waals surface area contributed by atoms with Gasteiger partial charge in [-0.15, -0.1) is 0 Å². The van der Waals surface area contributed by atoms with Crippen LogP contribution >= 0.6 is 23.2 Å². The van der Waals surface area contributed by atoms with Crippen LogP contribution in [0.4, 0.5) is 10.1 Å². The fourth-order valence-corrected chi connectivity index (χ4v) is 2.70. The van der Waals surface area contributed by atoms with Crippen LogP contribution in [0.15, 0.2) is 12.1 Å². The Morgan fingerprint density at radius 2 is 1.90 bits per heavy atom. The molecule has 2 amide bonds. The van der Waals surface area contributed by atoms with Crippen LogP contribution in [0.25, 0.3) is 0 Å². The van der Waals surface area contributed by atoms with Crippen molar-refractivity contribution in [1.82, 2.24) is 5.32 Å². The summed E-state index contributed by atoms with van der Waals surface area (Å²) < 4.78 is 13.5. The molecule has 0 aromatic heterocycles. The number of hydrogen-bond acceptors (Lipinski definition) is 2. The van der Waals surface area contributed by atoms with E-state index in [9.17, 15) is 14.0 Å². The third-order valence-corrected chi connectivity index (χ3v) is 4.23. The van der Waals surface area contributed by atoms with Crippen LogP contribution in [-0.2, 0) is 9.59 Å². The SMILES string of the molecule is CCC1(C)NC(=O)CCN(c2cc(Cl)c(F)c(Cl)c2)C1=O. The fourth-order valence-electron chi connectivity index (χ4n) is 2.22. The number of hydrogen-bond donors (Lipinski definition) is 1. The molecule has 7 heteroatoms. The molecule has 4 nitrogen and oxygen atoms in total. The Hall–Kier alpha value is -1.33. The van der Waals surface area contributed by atoms with Crippen molar-refractivity contribution in [2.24, 2.45) is 0 Å². The molecule has 1 aliphatic heterocycles. The Morgan fingerprint density at radius 1 is 1.33 bits per heavy atom. The number of amides is 2. The van der Waals surface area contributed by atoms with E-state index in [0.717, 1.165) is 0 Å². The molecule has 0 saturated carbocycles. The second-order valence-corrected chi connectivity index (χ2v) is 5.98. The predicted octanol–water partition coefficient (Wildman–Crippen LogP) is 3.15. The van der Waals surface area contributed by atoms with Crippen molar-refractivity contribution in [2.45, 2.75) is 32.2 Å². The fraction of sp³-hybridized carbons (Fsp3) is 0.429. The molecule has 1 heterocycles. The van der Waals surface area contributed by atoms with Crippen molar-refractivity contribution in [1.29, 1.82) is 0 Å². The Bertz CT molecular complexity index is 586. The van der Waals surface area contributed by atoms with Gasteiger partial charge < -0.3 is 10.2 Å². The van der Waals surface area contributed by atoms with Gasteiger partial charge >= 0.3 is 0 Å². The molecule has 1 aliphatic rings. The van der Waals surface area contributed by atoms with Gasteiger partial charge in [-0.05, 0) is 25.5 Å². The number of anilines is 1. The van der Waals surface area contributed by atoms with Gasteiger partial charge in [0, 0.05) is 18.7 Å². The number of rotatable bonds is 2. The summed E-state index contributed by atoms with van der Waals surface area (Å²) >= 11 is 11.6. The highest BCUT2D eigenvalue weighted by Crippen LogP contribution is 2.31. The number of carbonyl (C=O) groups is 2. The first-order valence-corrected chi connectivity index (χ1v) is 7.31. The second-order valence-electron chi connectivity index (χ2n) is 5.16. The first-order valence-electron chi connectivity index (χ1n) is 6.56. The minimum atomic E-state index is -0.999. The lowest BCUT2D eigenvalue weighted by Crippen LogP contribution is -2.54. The largest absolute Gasteiger partial charge is 0.342 e. The molecule has 1 fully saturated rings. The zero-order valence-electron chi connectivity index (χ0n) is 11.7. The number of carbonyl (C=O) groups excluding carboxylic acids is 2. The predicted molar refractivity (Wildman–Crippen MR) is 80.2 cm³/mol. The molecule has 1 aromatic carbocycles. The molecule has 1 unspecified atom stereocenters. The van der Waals surface area contributed by atoms with E-state index < -0.39 is 11.4 Å². The van der Waals surface area contributed by atoms with Gasteiger partial charge in [0.05, 0.1) is 10.0 Å². The lowest BCUT2D eigenvalue weighted by Gasteiger charge is -2.31. The molecule has 0 radical (unpaired) electrons. The molecule has 1 aromatic rings. The van der Waals surface area contributed by atoms with E-state index in [-0.39, 0.29) is 34.8 Å². The van der Waals surface area contributed by atoms with E-state index in [1.807, 2.05) is 6.92 Å². The Kier molecular flexibility index (Phi) is 4.44. The monoisotopic (exact) mass is 332 g/mol. The van der Waals surface area contributed by atoms with Crippen molar-refractivity contribution < 1.29 is 14.0 Å². The van der Waals surface area contributed by atoms with Crippen LogP contribution in [-0.4, -0.2) is 23.9 Å². The van der Waals surface area contributed by atoms with E-state index in [2.05, 4.69) is 5.32 Å². The number of halogens is 3. The van der Waals surface area contributed by atoms with Gasteiger partial charge in [-0.25, -0.2) is 4.39 Å². The van der Waals surface area contributed by atoms with Crippen LogP contribution in [0.1, 0.15) is 26.7 Å². The van der Waals surface area contributed by atoms with Crippen LogP contribution < -0.4 is 10.2 Å². The minimum absolute atomic E-state index is 0.160. The number of benzene rings is 1. The third kappa shape index (κ3) is 2.99. The maximum atomic E-state index is 13.5. The highest BCUT2D eigenvalue weighted by molar-refractivity contribution is 6.35. The van der Waals surface area contributed by atoms with Crippen molar-refractivity contribution in [3.63, 3.8) is 0 Å². The molecular formula is C14H15Cl2FN2O2. The smallest absolute Gasteiger partial charge is 0.252 e. The van der Waals surface area contributed by atoms with Crippen LogP contribution in [0.5, 0.6) is 0 Å². The number of nitrogens with one attached hydrogen (secondary N) is 1. The van der Waals surface area contributed by atoms with Gasteiger partial charge in [0.1, 0.15) is 5.54 Å². The summed E-state index contributed by atoms with van der Waals surface area (Å²) in [6.07, 6.45) is 0.602. The summed E-state index contributed by atoms with van der Waals surface area (Å²) in [7, 11) is 0. The van der Waals surface area contributed by atoms with Crippen LogP contribution in [0, 0.1) is 5.82 Å². The van der Waals surface area contributed by atoms with E-state index in [1.165, 1.54) is 17.0 Å². The molecule has 2 rings (SSSR count). The topological polar surface area (TPSA) is 49.4 Å². The van der Waals surface area contributed by atoms with Gasteiger partial charge in [-0.1, -0.05) is 30.1 Å². The standard InChI is InChI=1S/C14H15Cl2FN2O2/c1-3-14(2)13(21)19(5-4-11(20)18-14)8-6-9(15)12(17)10(16)7-8/h6-7H,3-5H2,1-2H3,(H,18,20). The molecule has 0 aliphatic carbocycles. The summed E-state index contributed by atoms with van der Waals surface area (Å²) in [6, 6.07) is 2.68.